The third-order valence-corrected chi connectivity index (χ3v) is 5.84. The number of aryl methyl sites for hydroxylation is 1. The smallest absolute Gasteiger partial charge is 0.133 e. The van der Waals surface area contributed by atoms with Crippen LogP contribution in [0.3, 0.4) is 0 Å². The Balaban J connectivity index is 1.92. The molecule has 1 fully saturated rings. The van der Waals surface area contributed by atoms with Gasteiger partial charge in [-0.15, -0.1) is 0 Å². The molecule has 0 aromatic heterocycles. The molecule has 5 heteroatoms. The second-order valence-electron chi connectivity index (χ2n) is 7.93. The summed E-state index contributed by atoms with van der Waals surface area (Å²) < 4.78 is 24.9. The Morgan fingerprint density at radius 3 is 2.72 bits per heavy atom. The van der Waals surface area contributed by atoms with Crippen molar-refractivity contribution < 1.29 is 19.0 Å². The lowest BCUT2D eigenvalue weighted by Crippen LogP contribution is -2.44. The zero-order valence-electron chi connectivity index (χ0n) is 17.4. The monoisotopic (exact) mass is 401 g/mol. The molecule has 0 spiro atoms. The molecule has 2 atom stereocenters. The Morgan fingerprint density at radius 1 is 1.17 bits per heavy atom. The van der Waals surface area contributed by atoms with Gasteiger partial charge in [-0.2, -0.15) is 0 Å². The summed E-state index contributed by atoms with van der Waals surface area (Å²) in [7, 11) is 1.70. The van der Waals surface area contributed by atoms with Crippen molar-refractivity contribution in [3.05, 3.63) is 59.4 Å². The average molecular weight is 402 g/mol. The molecule has 1 aliphatic heterocycles. The van der Waals surface area contributed by atoms with E-state index in [2.05, 4.69) is 5.32 Å². The van der Waals surface area contributed by atoms with Crippen LogP contribution in [0.5, 0.6) is 11.5 Å². The van der Waals surface area contributed by atoms with Crippen molar-refractivity contribution in [2.24, 2.45) is 5.92 Å². The molecule has 0 aliphatic carbocycles. The maximum Gasteiger partial charge on any atom is 0.133 e. The summed E-state index contributed by atoms with van der Waals surface area (Å²) in [6.45, 7) is 4.28. The molecule has 2 aromatic rings. The van der Waals surface area contributed by atoms with E-state index in [1.165, 1.54) is 12.1 Å². The number of halogens is 1. The first-order chi connectivity index (χ1) is 14.0. The predicted molar refractivity (Wildman–Crippen MR) is 113 cm³/mol. The normalized spacial score (nSPS) is 19.0. The fraction of sp³-hybridized carbons (Fsp3) is 0.500. The molecule has 0 amide bonds. The minimum Gasteiger partial charge on any atom is -0.457 e. The first-order valence-electron chi connectivity index (χ1n) is 10.5. The number of hydrogen-bond acceptors (Lipinski definition) is 4. The van der Waals surface area contributed by atoms with Gasteiger partial charge in [0.2, 0.25) is 0 Å². The summed E-state index contributed by atoms with van der Waals surface area (Å²) in [6.07, 6.45) is 4.43. The molecule has 0 saturated carbocycles. The summed E-state index contributed by atoms with van der Waals surface area (Å²) in [6, 6.07) is 12.2. The second kappa shape index (κ2) is 10.2. The van der Waals surface area contributed by atoms with Crippen molar-refractivity contribution in [3.8, 4) is 11.5 Å². The highest BCUT2D eigenvalue weighted by molar-refractivity contribution is 5.44. The van der Waals surface area contributed by atoms with Crippen molar-refractivity contribution in [2.45, 2.75) is 44.6 Å². The van der Waals surface area contributed by atoms with Crippen LogP contribution in [0.1, 0.15) is 43.2 Å². The summed E-state index contributed by atoms with van der Waals surface area (Å²) >= 11 is 0. The number of hydrogen-bond donors (Lipinski definition) is 2. The van der Waals surface area contributed by atoms with Gasteiger partial charge in [-0.3, -0.25) is 0 Å². The van der Waals surface area contributed by atoms with Gasteiger partial charge < -0.3 is 19.9 Å². The Hall–Kier alpha value is -1.95. The average Bonchev–Trinajstić information content (AvgIpc) is 2.74. The highest BCUT2D eigenvalue weighted by Crippen LogP contribution is 2.43. The van der Waals surface area contributed by atoms with Crippen molar-refractivity contribution in [1.82, 2.24) is 5.32 Å². The Morgan fingerprint density at radius 2 is 2.00 bits per heavy atom. The van der Waals surface area contributed by atoms with Gasteiger partial charge in [-0.05, 0) is 75.4 Å². The number of piperidine rings is 1. The molecule has 29 heavy (non-hydrogen) atoms. The quantitative estimate of drug-likeness (QED) is 0.585. The summed E-state index contributed by atoms with van der Waals surface area (Å²) in [4.78, 5) is 0. The van der Waals surface area contributed by atoms with E-state index in [-0.39, 0.29) is 11.7 Å². The van der Waals surface area contributed by atoms with E-state index in [4.69, 9.17) is 9.47 Å². The minimum absolute atomic E-state index is 0.109. The van der Waals surface area contributed by atoms with Crippen LogP contribution in [-0.4, -0.2) is 31.9 Å². The molecule has 1 heterocycles. The maximum atomic E-state index is 13.5. The summed E-state index contributed by atoms with van der Waals surface area (Å²) in [5, 5.41) is 15.4. The number of methoxy groups -OCH3 is 1. The molecule has 1 unspecified atom stereocenters. The van der Waals surface area contributed by atoms with Crippen LogP contribution in [0.4, 0.5) is 4.39 Å². The van der Waals surface area contributed by atoms with Gasteiger partial charge in [0.25, 0.3) is 0 Å². The molecule has 3 rings (SSSR count). The number of para-hydroxylation sites is 1. The lowest BCUT2D eigenvalue weighted by molar-refractivity contribution is -0.0447. The zero-order chi connectivity index (χ0) is 20.7. The Bertz CT molecular complexity index is 791. The molecule has 4 nitrogen and oxygen atoms in total. The van der Waals surface area contributed by atoms with E-state index in [1.54, 1.807) is 13.2 Å². The second-order valence-corrected chi connectivity index (χ2v) is 7.93. The van der Waals surface area contributed by atoms with E-state index >= 15 is 0 Å². The van der Waals surface area contributed by atoms with E-state index in [9.17, 15) is 9.50 Å². The number of unbranched alkanes of at least 4 members (excludes halogenated alkanes) is 1. The van der Waals surface area contributed by atoms with E-state index in [1.807, 2.05) is 31.2 Å². The lowest BCUT2D eigenvalue weighted by Gasteiger charge is -2.40. The lowest BCUT2D eigenvalue weighted by atomic mass is 9.74. The first-order valence-corrected chi connectivity index (χ1v) is 10.5. The van der Waals surface area contributed by atoms with Crippen LogP contribution in [0.25, 0.3) is 0 Å². The topological polar surface area (TPSA) is 50.7 Å². The molecule has 2 aromatic carbocycles. The maximum absolute atomic E-state index is 13.5. The molecule has 2 N–H and O–H groups in total. The third kappa shape index (κ3) is 5.35. The van der Waals surface area contributed by atoms with E-state index < -0.39 is 5.60 Å². The summed E-state index contributed by atoms with van der Waals surface area (Å²) in [5.41, 5.74) is 0.531. The Labute approximate surface area is 173 Å². The molecule has 1 aliphatic rings. The number of rotatable bonds is 9. The van der Waals surface area contributed by atoms with Crippen molar-refractivity contribution in [1.29, 1.82) is 0 Å². The summed E-state index contributed by atoms with van der Waals surface area (Å²) in [5.74, 6) is 1.05. The van der Waals surface area contributed by atoms with Gasteiger partial charge in [0.1, 0.15) is 17.3 Å². The molecule has 0 bridgehead atoms. The zero-order valence-corrected chi connectivity index (χ0v) is 17.4. The fourth-order valence-electron chi connectivity index (χ4n) is 4.22. The first kappa shape index (κ1) is 21.8. The van der Waals surface area contributed by atoms with Crippen LogP contribution >= 0.6 is 0 Å². The standard InChI is InChI=1S/C24H32FNO3/c1-18-16-20(25)11-12-22(18)29-23-10-4-3-9-21(23)24(27,13-5-6-15-28-2)19-8-7-14-26-17-19/h3-4,9-12,16,19,26-27H,5-8,13-15,17H2,1-2H3/t19?,24-/m0/s1. The highest BCUT2D eigenvalue weighted by atomic mass is 19.1. The van der Waals surface area contributed by atoms with Crippen LogP contribution in [0.15, 0.2) is 42.5 Å². The van der Waals surface area contributed by atoms with Crippen molar-refractivity contribution in [3.63, 3.8) is 0 Å². The van der Waals surface area contributed by atoms with Gasteiger partial charge >= 0.3 is 0 Å². The molecular weight excluding hydrogens is 369 g/mol. The SMILES string of the molecule is COCCCC[C@@](O)(c1ccccc1Oc1ccc(F)cc1C)C1CCCNC1. The molecule has 0 radical (unpaired) electrons. The largest absolute Gasteiger partial charge is 0.457 e. The fourth-order valence-corrected chi connectivity index (χ4v) is 4.22. The minimum atomic E-state index is -0.994. The van der Waals surface area contributed by atoms with E-state index in [0.29, 0.717) is 24.5 Å². The van der Waals surface area contributed by atoms with Gasteiger partial charge in [-0.1, -0.05) is 18.2 Å². The van der Waals surface area contributed by atoms with Crippen molar-refractivity contribution in [2.75, 3.05) is 26.8 Å². The Kier molecular flexibility index (Phi) is 7.64. The number of nitrogens with one attached hydrogen (secondary N) is 1. The van der Waals surface area contributed by atoms with Crippen LogP contribution in [0, 0.1) is 18.7 Å². The molecule has 158 valence electrons. The van der Waals surface area contributed by atoms with E-state index in [0.717, 1.165) is 49.9 Å². The third-order valence-electron chi connectivity index (χ3n) is 5.84. The highest BCUT2D eigenvalue weighted by Gasteiger charge is 2.40. The van der Waals surface area contributed by atoms with Gasteiger partial charge in [0, 0.05) is 31.7 Å². The number of ether oxygens (including phenoxy) is 2. The van der Waals surface area contributed by atoms with Gasteiger partial charge in [0.15, 0.2) is 0 Å². The van der Waals surface area contributed by atoms with Crippen LogP contribution < -0.4 is 10.1 Å². The number of aliphatic hydroxyl groups is 1. The van der Waals surface area contributed by atoms with Crippen LogP contribution in [0.2, 0.25) is 0 Å². The number of benzene rings is 2. The van der Waals surface area contributed by atoms with Gasteiger partial charge in [-0.25, -0.2) is 4.39 Å². The molecule has 1 saturated heterocycles. The van der Waals surface area contributed by atoms with Crippen LogP contribution in [-0.2, 0) is 10.3 Å². The molecular formula is C24H32FNO3. The van der Waals surface area contributed by atoms with Gasteiger partial charge in [0.05, 0.1) is 5.60 Å². The van der Waals surface area contributed by atoms with Crippen molar-refractivity contribution >= 4 is 0 Å². The predicted octanol–water partition coefficient (Wildman–Crippen LogP) is 4.93.